The fourth-order valence-electron chi connectivity index (χ4n) is 3.53. The molecule has 0 radical (unpaired) electrons. The van der Waals surface area contributed by atoms with Gasteiger partial charge in [0.1, 0.15) is 12.4 Å². The maximum Gasteiger partial charge on any atom is 0.336 e. The topological polar surface area (TPSA) is 91.0 Å². The van der Waals surface area contributed by atoms with Gasteiger partial charge in [0.25, 0.3) is 5.69 Å². The molecule has 29 heavy (non-hydrogen) atoms. The van der Waals surface area contributed by atoms with E-state index in [1.165, 1.54) is 19.2 Å². The number of ether oxygens (including phenoxy) is 2. The molecular formula is C22H22N2O5. The van der Waals surface area contributed by atoms with Gasteiger partial charge in [0.15, 0.2) is 0 Å². The van der Waals surface area contributed by atoms with E-state index in [0.29, 0.717) is 29.0 Å². The van der Waals surface area contributed by atoms with E-state index in [-0.39, 0.29) is 18.2 Å². The number of esters is 1. The van der Waals surface area contributed by atoms with E-state index in [4.69, 9.17) is 9.47 Å². The van der Waals surface area contributed by atoms with Crippen LogP contribution in [0.4, 0.5) is 5.69 Å². The van der Waals surface area contributed by atoms with E-state index in [1.54, 1.807) is 19.1 Å². The van der Waals surface area contributed by atoms with E-state index < -0.39 is 10.9 Å². The average molecular weight is 394 g/mol. The lowest BCUT2D eigenvalue weighted by molar-refractivity contribution is -0.384. The van der Waals surface area contributed by atoms with Gasteiger partial charge >= 0.3 is 5.97 Å². The summed E-state index contributed by atoms with van der Waals surface area (Å²) in [7, 11) is 1.36. The van der Waals surface area contributed by atoms with Gasteiger partial charge in [-0.25, -0.2) is 4.79 Å². The number of non-ortho nitro benzene ring substituents is 1. The number of carbonyl (C=O) groups is 1. The number of para-hydroxylation sites is 1. The van der Waals surface area contributed by atoms with E-state index in [1.807, 2.05) is 31.2 Å². The molecule has 2 aromatic carbocycles. The second kappa shape index (κ2) is 8.68. The monoisotopic (exact) mass is 394 g/mol. The van der Waals surface area contributed by atoms with Crippen molar-refractivity contribution in [3.8, 4) is 5.75 Å². The lowest BCUT2D eigenvalue weighted by Crippen LogP contribution is -2.21. The zero-order valence-corrected chi connectivity index (χ0v) is 16.5. The number of hydrogen-bond donors (Lipinski definition) is 0. The zero-order chi connectivity index (χ0) is 21.0. The van der Waals surface area contributed by atoms with Crippen molar-refractivity contribution in [2.45, 2.75) is 32.8 Å². The van der Waals surface area contributed by atoms with E-state index in [0.717, 1.165) is 11.3 Å². The second-order valence-corrected chi connectivity index (χ2v) is 6.85. The molecule has 1 atom stereocenters. The van der Waals surface area contributed by atoms with E-state index in [9.17, 15) is 14.9 Å². The van der Waals surface area contributed by atoms with Crippen LogP contribution in [0.15, 0.2) is 64.8 Å². The lowest BCUT2D eigenvalue weighted by Gasteiger charge is -2.26. The summed E-state index contributed by atoms with van der Waals surface area (Å²) >= 11 is 0. The maximum atomic E-state index is 12.4. The number of nitrogens with zero attached hydrogens (tertiary/aromatic N) is 2. The Labute approximate surface area is 168 Å². The van der Waals surface area contributed by atoms with Gasteiger partial charge in [-0.15, -0.1) is 0 Å². The molecule has 1 aliphatic heterocycles. The average Bonchev–Trinajstić information content (AvgIpc) is 2.71. The van der Waals surface area contributed by atoms with Gasteiger partial charge < -0.3 is 9.47 Å². The third-order valence-electron chi connectivity index (χ3n) is 4.81. The first-order valence-corrected chi connectivity index (χ1v) is 9.19. The molecule has 0 amide bonds. The number of methoxy groups -OCH3 is 1. The van der Waals surface area contributed by atoms with Gasteiger partial charge in [-0.05, 0) is 31.9 Å². The minimum Gasteiger partial charge on any atom is -0.489 e. The molecule has 7 heteroatoms. The standard InChI is InChI=1S/C22H22N2O5/c1-14-11-19(21(15(2)23-14)22(25)28-3)18-9-4-5-10-20(18)29-13-16-7-6-8-17(12-16)24(26)27/h4-10,12,19H,11,13H2,1-3H3. The van der Waals surface area contributed by atoms with E-state index >= 15 is 0 Å². The Kier molecular flexibility index (Phi) is 6.07. The van der Waals surface area contributed by atoms with Crippen LogP contribution in [0.2, 0.25) is 0 Å². The molecule has 0 aromatic heterocycles. The summed E-state index contributed by atoms with van der Waals surface area (Å²) < 4.78 is 11.0. The smallest absolute Gasteiger partial charge is 0.336 e. The van der Waals surface area contributed by atoms with Gasteiger partial charge in [0.05, 0.1) is 17.6 Å². The molecule has 7 nitrogen and oxygen atoms in total. The third kappa shape index (κ3) is 4.51. The minimum atomic E-state index is -0.433. The molecule has 0 spiro atoms. The predicted octanol–water partition coefficient (Wildman–Crippen LogP) is 4.57. The van der Waals surface area contributed by atoms with Crippen molar-refractivity contribution >= 4 is 17.4 Å². The maximum absolute atomic E-state index is 12.4. The Morgan fingerprint density at radius 1 is 1.21 bits per heavy atom. The lowest BCUT2D eigenvalue weighted by atomic mass is 9.83. The van der Waals surface area contributed by atoms with Crippen molar-refractivity contribution in [1.82, 2.24) is 0 Å². The summed E-state index contributed by atoms with van der Waals surface area (Å²) in [6, 6.07) is 13.8. The van der Waals surface area contributed by atoms with Crippen molar-refractivity contribution in [2.75, 3.05) is 7.11 Å². The molecule has 1 heterocycles. The highest BCUT2D eigenvalue weighted by Gasteiger charge is 2.31. The third-order valence-corrected chi connectivity index (χ3v) is 4.81. The van der Waals surface area contributed by atoms with Crippen molar-refractivity contribution in [3.05, 3.63) is 81.0 Å². The number of benzene rings is 2. The molecule has 0 saturated carbocycles. The Morgan fingerprint density at radius 2 is 1.97 bits per heavy atom. The predicted molar refractivity (Wildman–Crippen MR) is 109 cm³/mol. The highest BCUT2D eigenvalue weighted by Crippen LogP contribution is 2.39. The molecule has 0 saturated heterocycles. The number of allylic oxidation sites excluding steroid dienone is 1. The van der Waals surface area contributed by atoms with Crippen molar-refractivity contribution in [3.63, 3.8) is 0 Å². The molecule has 3 rings (SSSR count). The summed E-state index contributed by atoms with van der Waals surface area (Å²) in [4.78, 5) is 27.4. The van der Waals surface area contributed by atoms with Crippen LogP contribution in [0, 0.1) is 10.1 Å². The van der Waals surface area contributed by atoms with Crippen molar-refractivity contribution < 1.29 is 19.2 Å². The largest absolute Gasteiger partial charge is 0.489 e. The summed E-state index contributed by atoms with van der Waals surface area (Å²) in [5, 5.41) is 11.0. The van der Waals surface area contributed by atoms with Crippen LogP contribution >= 0.6 is 0 Å². The SMILES string of the molecule is COC(=O)C1=C(C)N=C(C)CC1c1ccccc1OCc1cccc([N+](=O)[O-])c1. The zero-order valence-electron chi connectivity index (χ0n) is 16.5. The van der Waals surface area contributed by atoms with E-state index in [2.05, 4.69) is 4.99 Å². The Balaban J connectivity index is 1.91. The van der Waals surface area contributed by atoms with Crippen molar-refractivity contribution in [2.24, 2.45) is 4.99 Å². The van der Waals surface area contributed by atoms with Gasteiger partial charge in [-0.1, -0.05) is 30.3 Å². The highest BCUT2D eigenvalue weighted by molar-refractivity contribution is 5.96. The normalized spacial score (nSPS) is 16.2. The highest BCUT2D eigenvalue weighted by atomic mass is 16.6. The first kappa shape index (κ1) is 20.3. The van der Waals surface area contributed by atoms with Crippen LogP contribution in [0.25, 0.3) is 0 Å². The van der Waals surface area contributed by atoms with Crippen molar-refractivity contribution in [1.29, 1.82) is 0 Å². The first-order chi connectivity index (χ1) is 13.9. The number of rotatable bonds is 6. The van der Waals surface area contributed by atoms with Gasteiger partial charge in [0.2, 0.25) is 0 Å². The summed E-state index contributed by atoms with van der Waals surface area (Å²) in [6.07, 6.45) is 0.582. The molecule has 1 aliphatic rings. The molecule has 0 bridgehead atoms. The number of nitro benzene ring substituents is 1. The summed E-state index contributed by atoms with van der Waals surface area (Å²) in [5.74, 6) is -0.0218. The number of hydrogen-bond acceptors (Lipinski definition) is 6. The quantitative estimate of drug-likeness (QED) is 0.407. The fraction of sp³-hybridized carbons (Fsp3) is 0.273. The number of nitro groups is 1. The fourth-order valence-corrected chi connectivity index (χ4v) is 3.53. The minimum absolute atomic E-state index is 0.0186. The van der Waals surface area contributed by atoms with Crippen LogP contribution in [-0.4, -0.2) is 23.7 Å². The molecular weight excluding hydrogens is 372 g/mol. The Morgan fingerprint density at radius 3 is 2.69 bits per heavy atom. The molecule has 1 unspecified atom stereocenters. The van der Waals surface area contributed by atoms with Crippen LogP contribution in [0.1, 0.15) is 37.3 Å². The van der Waals surface area contributed by atoms with Crippen LogP contribution in [0.3, 0.4) is 0 Å². The second-order valence-electron chi connectivity index (χ2n) is 6.85. The first-order valence-electron chi connectivity index (χ1n) is 9.19. The van der Waals surface area contributed by atoms with Crippen LogP contribution in [0.5, 0.6) is 5.75 Å². The number of aliphatic imine (C=N–C) groups is 1. The molecule has 0 N–H and O–H groups in total. The van der Waals surface area contributed by atoms with Crippen LogP contribution < -0.4 is 4.74 Å². The molecule has 0 aliphatic carbocycles. The molecule has 2 aromatic rings. The summed E-state index contributed by atoms with van der Waals surface area (Å²) in [6.45, 7) is 3.90. The van der Waals surface area contributed by atoms with Crippen LogP contribution in [-0.2, 0) is 16.1 Å². The van der Waals surface area contributed by atoms with Gasteiger partial charge in [0, 0.05) is 35.0 Å². The Hall–Kier alpha value is -3.48. The number of carbonyl (C=O) groups excluding carboxylic acids is 1. The summed E-state index contributed by atoms with van der Waals surface area (Å²) in [5.41, 5.74) is 3.64. The van der Waals surface area contributed by atoms with Gasteiger partial charge in [-0.2, -0.15) is 0 Å². The Bertz CT molecular complexity index is 1010. The van der Waals surface area contributed by atoms with Gasteiger partial charge in [-0.3, -0.25) is 15.1 Å². The molecule has 0 fully saturated rings. The molecule has 150 valence electrons.